The van der Waals surface area contributed by atoms with Crippen molar-refractivity contribution >= 4 is 17.6 Å². The molecule has 110 valence electrons. The Kier molecular flexibility index (Phi) is 4.73. The molecule has 0 unspecified atom stereocenters. The molecule has 0 saturated carbocycles. The SMILES string of the molecule is Cc1cc(NC(=O)CN(C)C(=O)[C@H]2CCCNC2)no1. The lowest BCUT2D eigenvalue weighted by Crippen LogP contribution is -2.43. The van der Waals surface area contributed by atoms with Gasteiger partial charge in [0.15, 0.2) is 5.82 Å². The molecular formula is C13H20N4O3. The minimum absolute atomic E-state index is 0.00341. The van der Waals surface area contributed by atoms with Gasteiger partial charge in [-0.05, 0) is 26.3 Å². The highest BCUT2D eigenvalue weighted by Gasteiger charge is 2.25. The third-order valence-electron chi connectivity index (χ3n) is 3.30. The van der Waals surface area contributed by atoms with Gasteiger partial charge in [0.1, 0.15) is 5.76 Å². The van der Waals surface area contributed by atoms with Gasteiger partial charge in [-0.2, -0.15) is 0 Å². The fourth-order valence-electron chi connectivity index (χ4n) is 2.28. The maximum Gasteiger partial charge on any atom is 0.245 e. The second-order valence-corrected chi connectivity index (χ2v) is 5.11. The largest absolute Gasteiger partial charge is 0.360 e. The first kappa shape index (κ1) is 14.5. The maximum absolute atomic E-state index is 12.2. The molecule has 0 aliphatic carbocycles. The number of piperidine rings is 1. The number of rotatable bonds is 4. The highest BCUT2D eigenvalue weighted by Crippen LogP contribution is 2.13. The predicted molar refractivity (Wildman–Crippen MR) is 73.1 cm³/mol. The molecule has 2 rings (SSSR count). The molecule has 0 aromatic carbocycles. The van der Waals surface area contributed by atoms with Gasteiger partial charge in [-0.3, -0.25) is 9.59 Å². The minimum atomic E-state index is -0.280. The average molecular weight is 280 g/mol. The fourth-order valence-corrected chi connectivity index (χ4v) is 2.28. The van der Waals surface area contributed by atoms with Crippen LogP contribution >= 0.6 is 0 Å². The van der Waals surface area contributed by atoms with E-state index in [1.807, 2.05) is 0 Å². The van der Waals surface area contributed by atoms with E-state index in [9.17, 15) is 9.59 Å². The van der Waals surface area contributed by atoms with Crippen molar-refractivity contribution in [2.75, 3.05) is 32.0 Å². The molecular weight excluding hydrogens is 260 g/mol. The van der Waals surface area contributed by atoms with Crippen LogP contribution in [0.2, 0.25) is 0 Å². The zero-order valence-electron chi connectivity index (χ0n) is 11.8. The van der Waals surface area contributed by atoms with Crippen molar-refractivity contribution in [2.24, 2.45) is 5.92 Å². The molecule has 0 radical (unpaired) electrons. The van der Waals surface area contributed by atoms with E-state index in [-0.39, 0.29) is 24.3 Å². The summed E-state index contributed by atoms with van der Waals surface area (Å²) in [6, 6.07) is 1.63. The molecule has 1 aromatic rings. The highest BCUT2D eigenvalue weighted by atomic mass is 16.5. The molecule has 1 fully saturated rings. The lowest BCUT2D eigenvalue weighted by molar-refractivity contribution is -0.137. The minimum Gasteiger partial charge on any atom is -0.360 e. The number of nitrogens with one attached hydrogen (secondary N) is 2. The van der Waals surface area contributed by atoms with Gasteiger partial charge in [-0.15, -0.1) is 0 Å². The number of anilines is 1. The number of amides is 2. The van der Waals surface area contributed by atoms with E-state index in [1.54, 1.807) is 20.0 Å². The van der Waals surface area contributed by atoms with Gasteiger partial charge < -0.3 is 20.1 Å². The summed E-state index contributed by atoms with van der Waals surface area (Å²) in [5.41, 5.74) is 0. The number of carbonyl (C=O) groups excluding carboxylic acids is 2. The Balaban J connectivity index is 1.82. The molecule has 20 heavy (non-hydrogen) atoms. The van der Waals surface area contributed by atoms with Crippen LogP contribution in [0, 0.1) is 12.8 Å². The zero-order chi connectivity index (χ0) is 14.5. The normalized spacial score (nSPS) is 18.6. The summed E-state index contributed by atoms with van der Waals surface area (Å²) in [5.74, 6) is 0.683. The van der Waals surface area contributed by atoms with Gasteiger partial charge in [0.2, 0.25) is 11.8 Å². The maximum atomic E-state index is 12.2. The molecule has 1 aliphatic rings. The Hall–Kier alpha value is -1.89. The lowest BCUT2D eigenvalue weighted by Gasteiger charge is -2.26. The second-order valence-electron chi connectivity index (χ2n) is 5.11. The monoisotopic (exact) mass is 280 g/mol. The fraction of sp³-hybridized carbons (Fsp3) is 0.615. The van der Waals surface area contributed by atoms with Crippen molar-refractivity contribution < 1.29 is 14.1 Å². The van der Waals surface area contributed by atoms with Crippen LogP contribution < -0.4 is 10.6 Å². The van der Waals surface area contributed by atoms with Crippen molar-refractivity contribution in [3.63, 3.8) is 0 Å². The first-order valence-electron chi connectivity index (χ1n) is 6.75. The molecule has 2 heterocycles. The van der Waals surface area contributed by atoms with E-state index in [0.29, 0.717) is 18.1 Å². The Bertz CT molecular complexity index is 480. The summed E-state index contributed by atoms with van der Waals surface area (Å²) in [6.45, 7) is 3.41. The molecule has 1 saturated heterocycles. The van der Waals surface area contributed by atoms with E-state index in [2.05, 4.69) is 15.8 Å². The van der Waals surface area contributed by atoms with Crippen LogP contribution in [0.25, 0.3) is 0 Å². The van der Waals surface area contributed by atoms with Crippen LogP contribution in [-0.2, 0) is 9.59 Å². The van der Waals surface area contributed by atoms with Crippen LogP contribution in [0.1, 0.15) is 18.6 Å². The van der Waals surface area contributed by atoms with Crippen molar-refractivity contribution in [3.05, 3.63) is 11.8 Å². The van der Waals surface area contributed by atoms with Crippen molar-refractivity contribution in [2.45, 2.75) is 19.8 Å². The number of aromatic nitrogens is 1. The number of hydrogen-bond acceptors (Lipinski definition) is 5. The van der Waals surface area contributed by atoms with Gasteiger partial charge in [0.25, 0.3) is 0 Å². The van der Waals surface area contributed by atoms with E-state index in [1.165, 1.54) is 4.90 Å². The van der Waals surface area contributed by atoms with Gasteiger partial charge in [-0.1, -0.05) is 5.16 Å². The van der Waals surface area contributed by atoms with E-state index >= 15 is 0 Å². The van der Waals surface area contributed by atoms with E-state index in [0.717, 1.165) is 19.4 Å². The van der Waals surface area contributed by atoms with Crippen molar-refractivity contribution in [3.8, 4) is 0 Å². The Morgan fingerprint density at radius 3 is 3.00 bits per heavy atom. The lowest BCUT2D eigenvalue weighted by atomic mass is 9.98. The third kappa shape index (κ3) is 3.80. The van der Waals surface area contributed by atoms with Gasteiger partial charge in [0, 0.05) is 19.7 Å². The Labute approximate surface area is 117 Å². The average Bonchev–Trinajstić information content (AvgIpc) is 2.84. The standard InChI is InChI=1S/C13H20N4O3/c1-9-6-11(16-20-9)15-12(18)8-17(2)13(19)10-4-3-5-14-7-10/h6,10,14H,3-5,7-8H2,1-2H3,(H,15,16,18)/t10-/m0/s1. The molecule has 1 aromatic heterocycles. The Morgan fingerprint density at radius 1 is 1.60 bits per heavy atom. The van der Waals surface area contributed by atoms with E-state index in [4.69, 9.17) is 4.52 Å². The highest BCUT2D eigenvalue weighted by molar-refractivity contribution is 5.94. The summed E-state index contributed by atoms with van der Waals surface area (Å²) < 4.78 is 4.86. The molecule has 0 spiro atoms. The molecule has 7 heteroatoms. The molecule has 1 atom stereocenters. The number of nitrogens with zero attached hydrogens (tertiary/aromatic N) is 2. The quantitative estimate of drug-likeness (QED) is 0.832. The van der Waals surface area contributed by atoms with Crippen LogP contribution in [0.15, 0.2) is 10.6 Å². The molecule has 0 bridgehead atoms. The van der Waals surface area contributed by atoms with E-state index < -0.39 is 0 Å². The summed E-state index contributed by atoms with van der Waals surface area (Å²) in [6.07, 6.45) is 1.87. The number of hydrogen-bond donors (Lipinski definition) is 2. The zero-order valence-corrected chi connectivity index (χ0v) is 11.8. The van der Waals surface area contributed by atoms with Crippen LogP contribution in [0.4, 0.5) is 5.82 Å². The topological polar surface area (TPSA) is 87.5 Å². The number of likely N-dealkylation sites (N-methyl/N-ethyl adjacent to an activating group) is 1. The van der Waals surface area contributed by atoms with Gasteiger partial charge in [0.05, 0.1) is 12.5 Å². The Morgan fingerprint density at radius 2 is 2.40 bits per heavy atom. The molecule has 7 nitrogen and oxygen atoms in total. The van der Waals surface area contributed by atoms with Gasteiger partial charge >= 0.3 is 0 Å². The molecule has 1 aliphatic heterocycles. The summed E-state index contributed by atoms with van der Waals surface area (Å²) in [5, 5.41) is 9.47. The van der Waals surface area contributed by atoms with Crippen molar-refractivity contribution in [1.82, 2.24) is 15.4 Å². The van der Waals surface area contributed by atoms with Crippen LogP contribution in [0.3, 0.4) is 0 Å². The number of carbonyl (C=O) groups is 2. The second kappa shape index (κ2) is 6.51. The van der Waals surface area contributed by atoms with Gasteiger partial charge in [-0.25, -0.2) is 0 Å². The summed E-state index contributed by atoms with van der Waals surface area (Å²) >= 11 is 0. The number of aryl methyl sites for hydroxylation is 1. The molecule has 2 amide bonds. The van der Waals surface area contributed by atoms with Crippen LogP contribution in [0.5, 0.6) is 0 Å². The smallest absolute Gasteiger partial charge is 0.245 e. The summed E-state index contributed by atoms with van der Waals surface area (Å²) in [7, 11) is 1.64. The third-order valence-corrected chi connectivity index (χ3v) is 3.30. The van der Waals surface area contributed by atoms with Crippen molar-refractivity contribution in [1.29, 1.82) is 0 Å². The first-order valence-corrected chi connectivity index (χ1v) is 6.75. The molecule has 2 N–H and O–H groups in total. The predicted octanol–water partition coefficient (Wildman–Crippen LogP) is 0.380. The van der Waals surface area contributed by atoms with Crippen LogP contribution in [-0.4, -0.2) is 48.6 Å². The first-order chi connectivity index (χ1) is 9.56. The summed E-state index contributed by atoms with van der Waals surface area (Å²) in [4.78, 5) is 25.4.